The van der Waals surface area contributed by atoms with Crippen LogP contribution in [-0.4, -0.2) is 75.4 Å². The molecule has 2 heterocycles. The van der Waals surface area contributed by atoms with Gasteiger partial charge in [0.15, 0.2) is 5.96 Å². The lowest BCUT2D eigenvalue weighted by atomic mass is 10.0. The summed E-state index contributed by atoms with van der Waals surface area (Å²) >= 11 is 0. The largest absolute Gasteiger partial charge is 0.497 e. The maximum absolute atomic E-state index is 5.79. The van der Waals surface area contributed by atoms with Crippen molar-refractivity contribution in [3.8, 4) is 5.75 Å². The summed E-state index contributed by atoms with van der Waals surface area (Å²) in [7, 11) is 3.61. The van der Waals surface area contributed by atoms with Crippen molar-refractivity contribution in [3.63, 3.8) is 0 Å². The Balaban J connectivity index is 1.63. The van der Waals surface area contributed by atoms with Gasteiger partial charge in [-0.05, 0) is 63.4 Å². The van der Waals surface area contributed by atoms with Crippen LogP contribution in [-0.2, 0) is 4.74 Å². The van der Waals surface area contributed by atoms with Crippen LogP contribution >= 0.6 is 0 Å². The second kappa shape index (κ2) is 11.4. The fraction of sp³-hybridized carbons (Fsp3) is 0.696. The summed E-state index contributed by atoms with van der Waals surface area (Å²) < 4.78 is 11.1. The summed E-state index contributed by atoms with van der Waals surface area (Å²) in [5, 5.41) is 3.67. The molecule has 162 valence electrons. The molecule has 6 nitrogen and oxygen atoms in total. The summed E-state index contributed by atoms with van der Waals surface area (Å²) in [6.45, 7) is 8.07. The van der Waals surface area contributed by atoms with Gasteiger partial charge in [-0.3, -0.25) is 9.89 Å². The van der Waals surface area contributed by atoms with E-state index in [2.05, 4.69) is 51.3 Å². The molecule has 1 aromatic rings. The molecule has 0 aromatic heterocycles. The number of likely N-dealkylation sites (tertiary alicyclic amines) is 2. The Morgan fingerprint density at radius 3 is 2.38 bits per heavy atom. The van der Waals surface area contributed by atoms with E-state index in [-0.39, 0.29) is 0 Å². The number of methoxy groups -OCH3 is 1. The molecular formula is C23H38N4O2. The maximum atomic E-state index is 5.79. The van der Waals surface area contributed by atoms with Gasteiger partial charge in [-0.2, -0.15) is 0 Å². The summed E-state index contributed by atoms with van der Waals surface area (Å²) in [6.07, 6.45) is 6.45. The number of rotatable bonds is 7. The quantitative estimate of drug-likeness (QED) is 0.560. The molecule has 2 saturated heterocycles. The second-order valence-electron chi connectivity index (χ2n) is 7.96. The van der Waals surface area contributed by atoms with E-state index in [1.54, 1.807) is 7.11 Å². The molecule has 1 unspecified atom stereocenters. The van der Waals surface area contributed by atoms with Crippen LogP contribution in [0.15, 0.2) is 29.3 Å². The standard InChI is InChI=1S/C23H38N4O2/c1-4-29-21-12-16-27(17-13-21)23(24-2)25-18-22(26-14-6-5-7-15-26)19-8-10-20(28-3)11-9-19/h8-11,21-22H,4-7,12-18H2,1-3H3,(H,24,25). The Labute approximate surface area is 176 Å². The van der Waals surface area contributed by atoms with Crippen LogP contribution < -0.4 is 10.1 Å². The monoisotopic (exact) mass is 402 g/mol. The van der Waals surface area contributed by atoms with E-state index in [9.17, 15) is 0 Å². The first-order valence-electron chi connectivity index (χ1n) is 11.2. The average Bonchev–Trinajstić information content (AvgIpc) is 2.79. The van der Waals surface area contributed by atoms with Crippen molar-refractivity contribution in [3.05, 3.63) is 29.8 Å². The number of benzene rings is 1. The van der Waals surface area contributed by atoms with Gasteiger partial charge in [0, 0.05) is 33.3 Å². The van der Waals surface area contributed by atoms with E-state index < -0.39 is 0 Å². The third-order valence-corrected chi connectivity index (χ3v) is 6.14. The number of piperidine rings is 2. The second-order valence-corrected chi connectivity index (χ2v) is 7.96. The van der Waals surface area contributed by atoms with Crippen LogP contribution in [0.25, 0.3) is 0 Å². The van der Waals surface area contributed by atoms with Crippen LogP contribution in [0.4, 0.5) is 0 Å². The van der Waals surface area contributed by atoms with Crippen LogP contribution in [0.3, 0.4) is 0 Å². The van der Waals surface area contributed by atoms with Crippen molar-refractivity contribution in [1.29, 1.82) is 0 Å². The molecule has 1 atom stereocenters. The van der Waals surface area contributed by atoms with Gasteiger partial charge in [-0.25, -0.2) is 0 Å². The fourth-order valence-electron chi connectivity index (χ4n) is 4.50. The van der Waals surface area contributed by atoms with Gasteiger partial charge in [-0.15, -0.1) is 0 Å². The SMILES string of the molecule is CCOC1CCN(C(=NC)NCC(c2ccc(OC)cc2)N2CCCCC2)CC1. The number of aliphatic imine (C=N–C) groups is 1. The van der Waals surface area contributed by atoms with Crippen LogP contribution in [0.1, 0.15) is 50.6 Å². The van der Waals surface area contributed by atoms with E-state index in [1.165, 1.54) is 24.8 Å². The molecule has 0 saturated carbocycles. The topological polar surface area (TPSA) is 49.3 Å². The van der Waals surface area contributed by atoms with E-state index >= 15 is 0 Å². The molecule has 1 N–H and O–H groups in total. The molecule has 0 bridgehead atoms. The lowest BCUT2D eigenvalue weighted by Crippen LogP contribution is -2.49. The first-order chi connectivity index (χ1) is 14.2. The fourth-order valence-corrected chi connectivity index (χ4v) is 4.50. The number of nitrogens with one attached hydrogen (secondary N) is 1. The van der Waals surface area contributed by atoms with Gasteiger partial charge in [0.2, 0.25) is 0 Å². The first-order valence-corrected chi connectivity index (χ1v) is 11.2. The Morgan fingerprint density at radius 1 is 1.10 bits per heavy atom. The van der Waals surface area contributed by atoms with Gasteiger partial charge in [0.05, 0.1) is 19.3 Å². The van der Waals surface area contributed by atoms with Crippen molar-refractivity contribution < 1.29 is 9.47 Å². The molecule has 0 aliphatic carbocycles. The number of guanidine groups is 1. The minimum absolute atomic E-state index is 0.346. The van der Waals surface area contributed by atoms with E-state index in [0.29, 0.717) is 12.1 Å². The van der Waals surface area contributed by atoms with Crippen molar-refractivity contribution in [1.82, 2.24) is 15.1 Å². The molecular weight excluding hydrogens is 364 g/mol. The van der Waals surface area contributed by atoms with Crippen molar-refractivity contribution >= 4 is 5.96 Å². The Bertz CT molecular complexity index is 620. The van der Waals surface area contributed by atoms with Crippen LogP contribution in [0.5, 0.6) is 5.75 Å². The van der Waals surface area contributed by atoms with Gasteiger partial charge in [0.1, 0.15) is 5.75 Å². The molecule has 0 spiro atoms. The molecule has 29 heavy (non-hydrogen) atoms. The highest BCUT2D eigenvalue weighted by atomic mass is 16.5. The molecule has 2 aliphatic heterocycles. The number of ether oxygens (including phenoxy) is 2. The van der Waals surface area contributed by atoms with Crippen LogP contribution in [0, 0.1) is 0 Å². The normalized spacial score (nSPS) is 20.5. The first kappa shape index (κ1) is 21.9. The molecule has 1 aromatic carbocycles. The zero-order valence-electron chi connectivity index (χ0n) is 18.4. The lowest BCUT2D eigenvalue weighted by Gasteiger charge is -2.37. The number of hydrogen-bond donors (Lipinski definition) is 1. The Morgan fingerprint density at radius 2 is 1.79 bits per heavy atom. The molecule has 0 radical (unpaired) electrons. The zero-order chi connectivity index (χ0) is 20.5. The van der Waals surface area contributed by atoms with Crippen molar-refractivity contribution in [2.75, 3.05) is 53.5 Å². The van der Waals surface area contributed by atoms with Crippen molar-refractivity contribution in [2.45, 2.75) is 51.2 Å². The Kier molecular flexibility index (Phi) is 8.62. The summed E-state index contributed by atoms with van der Waals surface area (Å²) in [4.78, 5) is 9.56. The number of hydrogen-bond acceptors (Lipinski definition) is 4. The van der Waals surface area contributed by atoms with Gasteiger partial charge in [-0.1, -0.05) is 18.6 Å². The lowest BCUT2D eigenvalue weighted by molar-refractivity contribution is 0.0263. The van der Waals surface area contributed by atoms with E-state index in [0.717, 1.165) is 63.9 Å². The Hall–Kier alpha value is -1.79. The number of nitrogens with zero attached hydrogens (tertiary/aromatic N) is 3. The highest BCUT2D eigenvalue weighted by molar-refractivity contribution is 5.80. The molecule has 2 fully saturated rings. The van der Waals surface area contributed by atoms with Gasteiger partial charge >= 0.3 is 0 Å². The molecule has 6 heteroatoms. The molecule has 3 rings (SSSR count). The van der Waals surface area contributed by atoms with Crippen LogP contribution in [0.2, 0.25) is 0 Å². The third kappa shape index (κ3) is 6.09. The predicted molar refractivity (Wildman–Crippen MR) is 119 cm³/mol. The molecule has 0 amide bonds. The average molecular weight is 403 g/mol. The summed E-state index contributed by atoms with van der Waals surface area (Å²) in [5.74, 6) is 1.92. The minimum atomic E-state index is 0.346. The third-order valence-electron chi connectivity index (χ3n) is 6.14. The smallest absolute Gasteiger partial charge is 0.193 e. The highest BCUT2D eigenvalue weighted by Gasteiger charge is 2.25. The maximum Gasteiger partial charge on any atom is 0.193 e. The zero-order valence-corrected chi connectivity index (χ0v) is 18.4. The summed E-state index contributed by atoms with van der Waals surface area (Å²) in [6, 6.07) is 8.89. The summed E-state index contributed by atoms with van der Waals surface area (Å²) in [5.41, 5.74) is 1.34. The van der Waals surface area contributed by atoms with E-state index in [1.807, 2.05) is 7.05 Å². The highest BCUT2D eigenvalue weighted by Crippen LogP contribution is 2.26. The van der Waals surface area contributed by atoms with Gasteiger partial charge < -0.3 is 19.7 Å². The van der Waals surface area contributed by atoms with E-state index in [4.69, 9.17) is 9.47 Å². The molecule has 2 aliphatic rings. The minimum Gasteiger partial charge on any atom is -0.497 e. The van der Waals surface area contributed by atoms with Crippen molar-refractivity contribution in [2.24, 2.45) is 4.99 Å². The predicted octanol–water partition coefficient (Wildman–Crippen LogP) is 3.30. The van der Waals surface area contributed by atoms with Gasteiger partial charge in [0.25, 0.3) is 0 Å².